The summed E-state index contributed by atoms with van der Waals surface area (Å²) < 4.78 is 5.18. The van der Waals surface area contributed by atoms with Crippen LogP contribution < -0.4 is 5.32 Å². The molecule has 1 aromatic heterocycles. The van der Waals surface area contributed by atoms with E-state index in [0.29, 0.717) is 24.2 Å². The SMILES string of the molecule is Cc1noc([C@H](NC(=O)N2CC[C@@H](C)[C@@H]2CO)C(C)C)n1. The lowest BCUT2D eigenvalue weighted by molar-refractivity contribution is 0.138. The fourth-order valence-electron chi connectivity index (χ4n) is 2.71. The number of aromatic nitrogens is 2. The predicted octanol–water partition coefficient (Wildman–Crippen LogP) is 1.49. The summed E-state index contributed by atoms with van der Waals surface area (Å²) in [6.07, 6.45) is 0.907. The summed E-state index contributed by atoms with van der Waals surface area (Å²) in [6, 6.07) is -0.635. The summed E-state index contributed by atoms with van der Waals surface area (Å²) >= 11 is 0. The van der Waals surface area contributed by atoms with E-state index in [1.165, 1.54) is 0 Å². The van der Waals surface area contributed by atoms with Crippen molar-refractivity contribution in [2.45, 2.75) is 46.2 Å². The van der Waals surface area contributed by atoms with E-state index in [1.807, 2.05) is 13.8 Å². The van der Waals surface area contributed by atoms with E-state index >= 15 is 0 Å². The maximum absolute atomic E-state index is 12.5. The monoisotopic (exact) mass is 296 g/mol. The molecule has 7 heteroatoms. The standard InChI is InChI=1S/C14H24N4O3/c1-8(2)12(13-15-10(4)17-21-13)16-14(20)18-6-5-9(3)11(18)7-19/h8-9,11-12,19H,5-7H2,1-4H3,(H,16,20)/t9-,11+,12-/m1/s1. The van der Waals surface area contributed by atoms with Gasteiger partial charge >= 0.3 is 6.03 Å². The zero-order valence-corrected chi connectivity index (χ0v) is 13.0. The van der Waals surface area contributed by atoms with Crippen molar-refractivity contribution in [3.05, 3.63) is 11.7 Å². The Kier molecular flexibility index (Phi) is 4.82. The number of likely N-dealkylation sites (tertiary alicyclic amines) is 1. The Morgan fingerprint density at radius 2 is 2.29 bits per heavy atom. The molecule has 1 aliphatic rings. The lowest BCUT2D eigenvalue weighted by Crippen LogP contribution is -2.47. The van der Waals surface area contributed by atoms with Crippen LogP contribution in [0.2, 0.25) is 0 Å². The summed E-state index contributed by atoms with van der Waals surface area (Å²) in [5.41, 5.74) is 0. The van der Waals surface area contributed by atoms with Gasteiger partial charge in [0.1, 0.15) is 6.04 Å². The summed E-state index contributed by atoms with van der Waals surface area (Å²) in [4.78, 5) is 18.4. The number of nitrogens with zero attached hydrogens (tertiary/aromatic N) is 3. The zero-order valence-electron chi connectivity index (χ0n) is 13.0. The van der Waals surface area contributed by atoms with Crippen LogP contribution in [0.25, 0.3) is 0 Å². The highest BCUT2D eigenvalue weighted by Crippen LogP contribution is 2.25. The molecule has 1 aliphatic heterocycles. The van der Waals surface area contributed by atoms with Crippen LogP contribution in [-0.4, -0.2) is 45.4 Å². The molecule has 0 aromatic carbocycles. The molecule has 1 aromatic rings. The number of amides is 2. The Morgan fingerprint density at radius 1 is 1.57 bits per heavy atom. The van der Waals surface area contributed by atoms with E-state index in [1.54, 1.807) is 11.8 Å². The van der Waals surface area contributed by atoms with Crippen LogP contribution in [0, 0.1) is 18.8 Å². The van der Waals surface area contributed by atoms with Crippen molar-refractivity contribution in [2.75, 3.05) is 13.2 Å². The minimum Gasteiger partial charge on any atom is -0.394 e. The van der Waals surface area contributed by atoms with Crippen LogP contribution in [0.4, 0.5) is 4.79 Å². The lowest BCUT2D eigenvalue weighted by Gasteiger charge is -2.28. The van der Waals surface area contributed by atoms with Crippen molar-refractivity contribution in [3.63, 3.8) is 0 Å². The van der Waals surface area contributed by atoms with Gasteiger partial charge in [-0.2, -0.15) is 4.98 Å². The minimum atomic E-state index is -0.325. The molecule has 1 saturated heterocycles. The van der Waals surface area contributed by atoms with Gasteiger partial charge in [-0.15, -0.1) is 0 Å². The molecule has 2 amide bonds. The normalized spacial score (nSPS) is 23.6. The first-order valence-electron chi connectivity index (χ1n) is 7.42. The third-order valence-corrected chi connectivity index (χ3v) is 4.09. The van der Waals surface area contributed by atoms with Gasteiger partial charge in [-0.25, -0.2) is 4.79 Å². The molecule has 2 heterocycles. The quantitative estimate of drug-likeness (QED) is 0.878. The molecule has 3 atom stereocenters. The molecule has 0 spiro atoms. The van der Waals surface area contributed by atoms with Gasteiger partial charge in [0.15, 0.2) is 5.82 Å². The van der Waals surface area contributed by atoms with Crippen molar-refractivity contribution in [1.82, 2.24) is 20.4 Å². The second-order valence-electron chi connectivity index (χ2n) is 6.06. The number of aliphatic hydroxyl groups excluding tert-OH is 1. The first kappa shape index (κ1) is 15.8. The minimum absolute atomic E-state index is 0.0133. The molecule has 21 heavy (non-hydrogen) atoms. The number of urea groups is 1. The number of rotatable bonds is 4. The average molecular weight is 296 g/mol. The van der Waals surface area contributed by atoms with Crippen molar-refractivity contribution in [2.24, 2.45) is 11.8 Å². The second kappa shape index (κ2) is 6.43. The largest absolute Gasteiger partial charge is 0.394 e. The van der Waals surface area contributed by atoms with Gasteiger partial charge in [0, 0.05) is 6.54 Å². The highest BCUT2D eigenvalue weighted by molar-refractivity contribution is 5.75. The molecule has 7 nitrogen and oxygen atoms in total. The Morgan fingerprint density at radius 3 is 2.81 bits per heavy atom. The Balaban J connectivity index is 2.09. The van der Waals surface area contributed by atoms with Crippen LogP contribution in [0.15, 0.2) is 4.52 Å². The van der Waals surface area contributed by atoms with Crippen molar-refractivity contribution < 1.29 is 14.4 Å². The van der Waals surface area contributed by atoms with Crippen molar-refractivity contribution in [3.8, 4) is 0 Å². The van der Waals surface area contributed by atoms with Gasteiger partial charge < -0.3 is 19.8 Å². The van der Waals surface area contributed by atoms with E-state index in [2.05, 4.69) is 22.4 Å². The number of aryl methyl sites for hydroxylation is 1. The Hall–Kier alpha value is -1.63. The topological polar surface area (TPSA) is 91.5 Å². The molecular weight excluding hydrogens is 272 g/mol. The number of hydrogen-bond donors (Lipinski definition) is 2. The second-order valence-corrected chi connectivity index (χ2v) is 6.06. The molecule has 0 saturated carbocycles. The number of carbonyl (C=O) groups is 1. The first-order chi connectivity index (χ1) is 9.93. The molecular formula is C14H24N4O3. The third-order valence-electron chi connectivity index (χ3n) is 4.09. The molecule has 1 fully saturated rings. The van der Waals surface area contributed by atoms with Crippen LogP contribution in [0.3, 0.4) is 0 Å². The number of aliphatic hydroxyl groups is 1. The first-order valence-corrected chi connectivity index (χ1v) is 7.42. The van der Waals surface area contributed by atoms with Crippen LogP contribution >= 0.6 is 0 Å². The van der Waals surface area contributed by atoms with Gasteiger partial charge in [-0.05, 0) is 25.2 Å². The summed E-state index contributed by atoms with van der Waals surface area (Å²) in [6.45, 7) is 8.42. The summed E-state index contributed by atoms with van der Waals surface area (Å²) in [5.74, 6) is 1.40. The van der Waals surface area contributed by atoms with E-state index in [-0.39, 0.29) is 30.6 Å². The van der Waals surface area contributed by atoms with Gasteiger partial charge in [0.25, 0.3) is 0 Å². The van der Waals surface area contributed by atoms with Gasteiger partial charge in [-0.1, -0.05) is 25.9 Å². The molecule has 0 unspecified atom stereocenters. The summed E-state index contributed by atoms with van der Waals surface area (Å²) in [7, 11) is 0. The summed E-state index contributed by atoms with van der Waals surface area (Å²) in [5, 5.41) is 16.2. The molecule has 2 rings (SSSR count). The van der Waals surface area contributed by atoms with Gasteiger partial charge in [0.05, 0.1) is 12.6 Å². The highest BCUT2D eigenvalue weighted by Gasteiger charge is 2.35. The van der Waals surface area contributed by atoms with Crippen molar-refractivity contribution in [1.29, 1.82) is 0 Å². The number of carbonyl (C=O) groups excluding carboxylic acids is 1. The van der Waals surface area contributed by atoms with Crippen LogP contribution in [-0.2, 0) is 0 Å². The third kappa shape index (κ3) is 3.34. The number of hydrogen-bond acceptors (Lipinski definition) is 5. The molecule has 0 bridgehead atoms. The molecule has 0 aliphatic carbocycles. The zero-order chi connectivity index (χ0) is 15.6. The van der Waals surface area contributed by atoms with Crippen LogP contribution in [0.5, 0.6) is 0 Å². The van der Waals surface area contributed by atoms with Gasteiger partial charge in [0.2, 0.25) is 5.89 Å². The van der Waals surface area contributed by atoms with E-state index < -0.39 is 0 Å². The molecule has 118 valence electrons. The van der Waals surface area contributed by atoms with Gasteiger partial charge in [-0.3, -0.25) is 0 Å². The molecule has 0 radical (unpaired) electrons. The highest BCUT2D eigenvalue weighted by atomic mass is 16.5. The smallest absolute Gasteiger partial charge is 0.318 e. The fraction of sp³-hybridized carbons (Fsp3) is 0.786. The average Bonchev–Trinajstić information content (AvgIpc) is 3.01. The van der Waals surface area contributed by atoms with E-state index in [9.17, 15) is 9.90 Å². The van der Waals surface area contributed by atoms with E-state index in [0.717, 1.165) is 6.42 Å². The Labute approximate surface area is 124 Å². The maximum atomic E-state index is 12.5. The van der Waals surface area contributed by atoms with E-state index in [4.69, 9.17) is 4.52 Å². The maximum Gasteiger partial charge on any atom is 0.318 e. The Bertz CT molecular complexity index is 488. The predicted molar refractivity (Wildman–Crippen MR) is 76.5 cm³/mol. The van der Waals surface area contributed by atoms with Crippen LogP contribution in [0.1, 0.15) is 44.9 Å². The fourth-order valence-corrected chi connectivity index (χ4v) is 2.71. The number of nitrogens with one attached hydrogen (secondary N) is 1. The van der Waals surface area contributed by atoms with Crippen molar-refractivity contribution >= 4 is 6.03 Å². The lowest BCUT2D eigenvalue weighted by atomic mass is 10.0. The molecule has 2 N–H and O–H groups in total.